The van der Waals surface area contributed by atoms with E-state index in [4.69, 9.17) is 15.6 Å². The second-order valence-corrected chi connectivity index (χ2v) is 6.07. The van der Waals surface area contributed by atoms with E-state index in [0.717, 1.165) is 5.56 Å². The lowest BCUT2D eigenvalue weighted by atomic mass is 9.88. The molecule has 8 nitrogen and oxygen atoms in total. The van der Waals surface area contributed by atoms with Gasteiger partial charge in [-0.05, 0) is 19.4 Å². The molecular formula is C18H23N5O3. The number of aryl methyl sites for hydroxylation is 1. The van der Waals surface area contributed by atoms with Crippen LogP contribution in [-0.2, 0) is 11.2 Å². The molecule has 1 aromatic carbocycles. The topological polar surface area (TPSA) is 115 Å². The van der Waals surface area contributed by atoms with Gasteiger partial charge in [-0.1, -0.05) is 24.8 Å². The summed E-state index contributed by atoms with van der Waals surface area (Å²) in [7, 11) is 0. The molecule has 1 aromatic heterocycles. The Morgan fingerprint density at radius 2 is 2.23 bits per heavy atom. The highest BCUT2D eigenvalue weighted by Gasteiger charge is 2.40. The molecule has 2 heterocycles. The number of hydrogen-bond donors (Lipinski definition) is 3. The molecule has 0 fully saturated rings. The number of nitrogens with two attached hydrogens (primary N) is 1. The first kappa shape index (κ1) is 17.9. The molecule has 1 aliphatic rings. The second kappa shape index (κ2) is 7.57. The normalized spacial score (nSPS) is 18.9. The number of nitrogens with zero attached hydrogens (tertiary/aromatic N) is 3. The molecular weight excluding hydrogens is 334 g/mol. The van der Waals surface area contributed by atoms with Gasteiger partial charge in [-0.25, -0.2) is 4.68 Å². The van der Waals surface area contributed by atoms with Gasteiger partial charge in [0.25, 0.3) is 0 Å². The van der Waals surface area contributed by atoms with Crippen molar-refractivity contribution in [2.24, 2.45) is 11.7 Å². The number of para-hydroxylation sites is 1. The van der Waals surface area contributed by atoms with Crippen LogP contribution in [0, 0.1) is 5.92 Å². The van der Waals surface area contributed by atoms with Gasteiger partial charge >= 0.3 is 0 Å². The van der Waals surface area contributed by atoms with Gasteiger partial charge in [0.15, 0.2) is 5.82 Å². The number of carbonyl (C=O) groups is 1. The van der Waals surface area contributed by atoms with Crippen molar-refractivity contribution in [1.82, 2.24) is 14.8 Å². The maximum absolute atomic E-state index is 12.2. The van der Waals surface area contributed by atoms with Crippen LogP contribution in [-0.4, -0.2) is 39.0 Å². The van der Waals surface area contributed by atoms with Gasteiger partial charge in [0, 0.05) is 24.3 Å². The highest BCUT2D eigenvalue weighted by atomic mass is 16.5. The molecule has 4 N–H and O–H groups in total. The van der Waals surface area contributed by atoms with Crippen molar-refractivity contribution < 1.29 is 14.6 Å². The highest BCUT2D eigenvalue weighted by Crippen LogP contribution is 2.40. The van der Waals surface area contributed by atoms with E-state index in [-0.39, 0.29) is 6.61 Å². The minimum atomic E-state index is -0.698. The monoisotopic (exact) mass is 357 g/mol. The number of hydrogen-bond acceptors (Lipinski definition) is 6. The summed E-state index contributed by atoms with van der Waals surface area (Å²) in [5, 5.41) is 16.6. The number of anilines is 1. The number of amides is 1. The van der Waals surface area contributed by atoms with Crippen LogP contribution in [0.5, 0.6) is 5.75 Å². The summed E-state index contributed by atoms with van der Waals surface area (Å²) >= 11 is 0. The first-order valence-corrected chi connectivity index (χ1v) is 8.60. The molecule has 0 radical (unpaired) electrons. The standard InChI is InChI=1S/C18H23N5O3/c1-3-26-13-8-5-4-7-12(13)16-15(17(19)25)11(2)20-18-21-14(9-6-10-24)22-23(16)18/h4-5,7-8,15-16,24H,2-3,6,9-10H2,1H3,(H2,19,25)(H,20,21,22). The van der Waals surface area contributed by atoms with Crippen molar-refractivity contribution in [2.45, 2.75) is 25.8 Å². The first-order chi connectivity index (χ1) is 12.6. The van der Waals surface area contributed by atoms with Crippen LogP contribution >= 0.6 is 0 Å². The van der Waals surface area contributed by atoms with Gasteiger partial charge in [-0.2, -0.15) is 10.1 Å². The number of rotatable bonds is 7. The molecule has 0 saturated carbocycles. The Hall–Kier alpha value is -2.87. The van der Waals surface area contributed by atoms with Gasteiger partial charge in [0.1, 0.15) is 17.7 Å². The fraction of sp³-hybridized carbons (Fsp3) is 0.389. The maximum Gasteiger partial charge on any atom is 0.229 e. The molecule has 138 valence electrons. The lowest BCUT2D eigenvalue weighted by molar-refractivity contribution is -0.121. The first-order valence-electron chi connectivity index (χ1n) is 8.60. The Morgan fingerprint density at radius 1 is 1.46 bits per heavy atom. The smallest absolute Gasteiger partial charge is 0.229 e. The van der Waals surface area contributed by atoms with Crippen LogP contribution in [0.1, 0.15) is 30.8 Å². The molecule has 0 aliphatic carbocycles. The van der Waals surface area contributed by atoms with Crippen molar-refractivity contribution >= 4 is 11.9 Å². The summed E-state index contributed by atoms with van der Waals surface area (Å²) in [6.45, 7) is 6.42. The second-order valence-electron chi connectivity index (χ2n) is 6.07. The zero-order valence-electron chi connectivity index (χ0n) is 14.7. The van der Waals surface area contributed by atoms with Crippen molar-refractivity contribution in [3.8, 4) is 5.75 Å². The number of aliphatic hydroxyl groups is 1. The molecule has 2 atom stereocenters. The highest BCUT2D eigenvalue weighted by molar-refractivity contribution is 5.82. The van der Waals surface area contributed by atoms with Crippen molar-refractivity contribution in [1.29, 1.82) is 0 Å². The molecule has 8 heteroatoms. The Morgan fingerprint density at radius 3 is 2.92 bits per heavy atom. The van der Waals surface area contributed by atoms with E-state index in [0.29, 0.717) is 42.7 Å². The van der Waals surface area contributed by atoms with Crippen LogP contribution in [0.2, 0.25) is 0 Å². The molecule has 26 heavy (non-hydrogen) atoms. The third-order valence-electron chi connectivity index (χ3n) is 4.30. The van der Waals surface area contributed by atoms with E-state index in [1.165, 1.54) is 0 Å². The van der Waals surface area contributed by atoms with Crippen molar-refractivity contribution in [3.63, 3.8) is 0 Å². The summed E-state index contributed by atoms with van der Waals surface area (Å²) < 4.78 is 7.40. The average molecular weight is 357 g/mol. The Labute approximate surface area is 151 Å². The number of aliphatic hydroxyl groups excluding tert-OH is 1. The zero-order valence-corrected chi connectivity index (χ0v) is 14.7. The van der Waals surface area contributed by atoms with Gasteiger partial charge < -0.3 is 20.9 Å². The predicted molar refractivity (Wildman–Crippen MR) is 96.6 cm³/mol. The number of ether oxygens (including phenoxy) is 1. The fourth-order valence-corrected chi connectivity index (χ4v) is 3.19. The zero-order chi connectivity index (χ0) is 18.7. The number of nitrogens with one attached hydrogen (secondary N) is 1. The van der Waals surface area contributed by atoms with Gasteiger partial charge in [0.2, 0.25) is 11.9 Å². The minimum Gasteiger partial charge on any atom is -0.494 e. The van der Waals surface area contributed by atoms with Gasteiger partial charge in [-0.15, -0.1) is 0 Å². The van der Waals surface area contributed by atoms with Gasteiger partial charge in [-0.3, -0.25) is 4.79 Å². The van der Waals surface area contributed by atoms with Crippen molar-refractivity contribution in [3.05, 3.63) is 47.9 Å². The summed E-state index contributed by atoms with van der Waals surface area (Å²) in [5.74, 6) is 0.544. The van der Waals surface area contributed by atoms with E-state index in [2.05, 4.69) is 22.0 Å². The molecule has 0 spiro atoms. The van der Waals surface area contributed by atoms with E-state index in [1.807, 2.05) is 31.2 Å². The van der Waals surface area contributed by atoms with Crippen LogP contribution < -0.4 is 15.8 Å². The molecule has 2 aromatic rings. The third-order valence-corrected chi connectivity index (χ3v) is 4.30. The summed E-state index contributed by atoms with van der Waals surface area (Å²) in [5.41, 5.74) is 6.95. The van der Waals surface area contributed by atoms with E-state index in [1.54, 1.807) is 4.68 Å². The largest absolute Gasteiger partial charge is 0.494 e. The molecule has 1 amide bonds. The SMILES string of the molecule is C=C1Nc2nc(CCCO)nn2C(c2ccccc2OCC)C1C(N)=O. The van der Waals surface area contributed by atoms with Gasteiger partial charge in [0.05, 0.1) is 6.61 Å². The number of aromatic nitrogens is 3. The Balaban J connectivity index is 2.12. The van der Waals surface area contributed by atoms with Crippen LogP contribution in [0.3, 0.4) is 0 Å². The number of benzene rings is 1. The maximum atomic E-state index is 12.2. The van der Waals surface area contributed by atoms with Crippen LogP contribution in [0.25, 0.3) is 0 Å². The fourth-order valence-electron chi connectivity index (χ4n) is 3.19. The molecule has 1 aliphatic heterocycles. The lowest BCUT2D eigenvalue weighted by Crippen LogP contribution is -2.40. The predicted octanol–water partition coefficient (Wildman–Crippen LogP) is 1.23. The van der Waals surface area contributed by atoms with E-state index < -0.39 is 17.9 Å². The number of fused-ring (bicyclic) bond motifs is 1. The number of carbonyl (C=O) groups excluding carboxylic acids is 1. The minimum absolute atomic E-state index is 0.0600. The quantitative estimate of drug-likeness (QED) is 0.686. The molecule has 2 unspecified atom stereocenters. The Bertz CT molecular complexity index is 817. The average Bonchev–Trinajstić information content (AvgIpc) is 3.01. The Kier molecular flexibility index (Phi) is 5.22. The van der Waals surface area contributed by atoms with Crippen LogP contribution in [0.15, 0.2) is 36.5 Å². The number of primary amides is 1. The summed E-state index contributed by atoms with van der Waals surface area (Å²) in [4.78, 5) is 16.7. The summed E-state index contributed by atoms with van der Waals surface area (Å²) in [6, 6.07) is 6.99. The molecule has 3 rings (SSSR count). The van der Waals surface area contributed by atoms with Crippen molar-refractivity contribution in [2.75, 3.05) is 18.5 Å². The molecule has 0 saturated heterocycles. The lowest BCUT2D eigenvalue weighted by Gasteiger charge is -2.33. The summed E-state index contributed by atoms with van der Waals surface area (Å²) in [6.07, 6.45) is 1.09. The third kappa shape index (κ3) is 3.28. The molecule has 0 bridgehead atoms. The van der Waals surface area contributed by atoms with E-state index in [9.17, 15) is 4.79 Å². The van der Waals surface area contributed by atoms with E-state index >= 15 is 0 Å². The van der Waals surface area contributed by atoms with Crippen LogP contribution in [0.4, 0.5) is 5.95 Å².